The van der Waals surface area contributed by atoms with Gasteiger partial charge in [0, 0.05) is 49.1 Å². The average molecular weight is 369 g/mol. The van der Waals surface area contributed by atoms with Gasteiger partial charge in [0.25, 0.3) is 5.56 Å². The van der Waals surface area contributed by atoms with E-state index in [-0.39, 0.29) is 12.1 Å². The van der Waals surface area contributed by atoms with Crippen LogP contribution in [0.5, 0.6) is 0 Å². The summed E-state index contributed by atoms with van der Waals surface area (Å²) in [6.45, 7) is 4.99. The number of nitrogens with zero attached hydrogens (tertiary/aromatic N) is 5. The fraction of sp³-hybridized carbons (Fsp3) is 0.600. The summed E-state index contributed by atoms with van der Waals surface area (Å²) in [7, 11) is 0. The van der Waals surface area contributed by atoms with Crippen molar-refractivity contribution in [1.82, 2.24) is 24.6 Å². The molecule has 2 fully saturated rings. The fourth-order valence-corrected chi connectivity index (χ4v) is 4.60. The van der Waals surface area contributed by atoms with Crippen molar-refractivity contribution in [2.24, 2.45) is 0 Å². The molecule has 2 aliphatic heterocycles. The molecule has 0 aromatic carbocycles. The Balaban J connectivity index is 1.47. The van der Waals surface area contributed by atoms with Gasteiger partial charge in [-0.25, -0.2) is 14.6 Å². The monoisotopic (exact) mass is 369 g/mol. The van der Waals surface area contributed by atoms with Crippen molar-refractivity contribution in [1.29, 1.82) is 0 Å². The fourth-order valence-electron chi connectivity index (χ4n) is 4.60. The second-order valence-electron chi connectivity index (χ2n) is 8.02. The molecule has 2 aliphatic rings. The highest BCUT2D eigenvalue weighted by atomic mass is 16.3. The lowest BCUT2D eigenvalue weighted by Gasteiger charge is -2.43. The second kappa shape index (κ2) is 7.13. The number of rotatable bonds is 5. The van der Waals surface area contributed by atoms with Gasteiger partial charge in [-0.2, -0.15) is 5.10 Å². The molecule has 4 heterocycles. The molecule has 0 amide bonds. The Morgan fingerprint density at radius 2 is 1.85 bits per heavy atom. The molecule has 7 heteroatoms. The molecule has 2 aromatic heterocycles. The molecule has 0 radical (unpaired) electrons. The first-order chi connectivity index (χ1) is 13.0. The van der Waals surface area contributed by atoms with Crippen molar-refractivity contribution in [2.45, 2.75) is 76.7 Å². The van der Waals surface area contributed by atoms with E-state index >= 15 is 0 Å². The summed E-state index contributed by atoms with van der Waals surface area (Å²) in [4.78, 5) is 23.4. The van der Waals surface area contributed by atoms with Crippen LogP contribution in [-0.2, 0) is 19.5 Å². The molecule has 0 spiro atoms. The molecule has 144 valence electrons. The third kappa shape index (κ3) is 3.80. The quantitative estimate of drug-likeness (QED) is 0.859. The largest absolute Gasteiger partial charge is 0.388 e. The molecule has 2 bridgehead atoms. The molecule has 2 atom stereocenters. The van der Waals surface area contributed by atoms with Crippen LogP contribution in [-0.4, -0.2) is 47.4 Å². The molecule has 0 unspecified atom stereocenters. The first-order valence-electron chi connectivity index (χ1n) is 9.78. The summed E-state index contributed by atoms with van der Waals surface area (Å²) in [6, 6.07) is 3.87. The minimum absolute atomic E-state index is 0.156. The van der Waals surface area contributed by atoms with Crippen molar-refractivity contribution < 1.29 is 5.11 Å². The van der Waals surface area contributed by atoms with E-state index in [1.807, 2.05) is 19.3 Å². The zero-order valence-electron chi connectivity index (χ0n) is 16.0. The van der Waals surface area contributed by atoms with Gasteiger partial charge < -0.3 is 5.11 Å². The summed E-state index contributed by atoms with van der Waals surface area (Å²) in [5.74, 6) is 0.867. The topological polar surface area (TPSA) is 84.1 Å². The van der Waals surface area contributed by atoms with Crippen LogP contribution in [0.25, 0.3) is 0 Å². The summed E-state index contributed by atoms with van der Waals surface area (Å²) >= 11 is 0. The van der Waals surface area contributed by atoms with Crippen LogP contribution in [0.3, 0.4) is 0 Å². The molecule has 4 rings (SSSR count). The Hall–Kier alpha value is -2.12. The van der Waals surface area contributed by atoms with Gasteiger partial charge in [0.2, 0.25) is 0 Å². The van der Waals surface area contributed by atoms with E-state index in [9.17, 15) is 9.90 Å². The van der Waals surface area contributed by atoms with Gasteiger partial charge in [-0.3, -0.25) is 9.69 Å². The lowest BCUT2D eigenvalue weighted by Crippen LogP contribution is -2.53. The second-order valence-corrected chi connectivity index (χ2v) is 8.02. The van der Waals surface area contributed by atoms with Gasteiger partial charge >= 0.3 is 0 Å². The van der Waals surface area contributed by atoms with E-state index < -0.39 is 5.60 Å². The molecule has 0 saturated carbocycles. The number of piperidine rings is 1. The Labute approximate surface area is 159 Å². The Morgan fingerprint density at radius 3 is 2.48 bits per heavy atom. The van der Waals surface area contributed by atoms with E-state index in [1.54, 1.807) is 6.07 Å². The lowest BCUT2D eigenvalue weighted by atomic mass is 9.85. The normalized spacial score (nSPS) is 27.8. The van der Waals surface area contributed by atoms with Crippen LogP contribution < -0.4 is 5.56 Å². The third-order valence-electron chi connectivity index (χ3n) is 5.89. The Bertz CT molecular complexity index is 849. The number of aliphatic hydroxyl groups is 1. The van der Waals surface area contributed by atoms with Gasteiger partial charge in [-0.05, 0) is 38.7 Å². The van der Waals surface area contributed by atoms with Gasteiger partial charge in [0.1, 0.15) is 5.82 Å². The maximum atomic E-state index is 12.1. The van der Waals surface area contributed by atoms with Crippen molar-refractivity contribution in [3.05, 3.63) is 52.0 Å². The molecular formula is C20H27N5O2. The standard InChI is InChI=1S/C20H27N5O2/c1-3-18-21-10-15(11-22-18)12-24-16-5-6-17(24)9-20(27,8-16)13-25-19(26)7-4-14(2)23-25/h4,7,10-11,16-17,27H,3,5-6,8-9,12-13H2,1-2H3/t16-,17-/m1/s1. The predicted molar refractivity (Wildman–Crippen MR) is 101 cm³/mol. The van der Waals surface area contributed by atoms with Gasteiger partial charge in [-0.1, -0.05) is 6.92 Å². The van der Waals surface area contributed by atoms with Gasteiger partial charge in [0.15, 0.2) is 0 Å². The Kier molecular flexibility index (Phi) is 4.82. The van der Waals surface area contributed by atoms with Crippen LogP contribution in [0, 0.1) is 6.92 Å². The number of aromatic nitrogens is 4. The van der Waals surface area contributed by atoms with Crippen molar-refractivity contribution in [3.8, 4) is 0 Å². The molecule has 1 N–H and O–H groups in total. The smallest absolute Gasteiger partial charge is 0.266 e. The highest BCUT2D eigenvalue weighted by molar-refractivity contribution is 5.10. The van der Waals surface area contributed by atoms with E-state index in [4.69, 9.17) is 0 Å². The molecule has 7 nitrogen and oxygen atoms in total. The highest BCUT2D eigenvalue weighted by Crippen LogP contribution is 2.42. The van der Waals surface area contributed by atoms with Crippen LogP contribution in [0.4, 0.5) is 0 Å². The van der Waals surface area contributed by atoms with Crippen molar-refractivity contribution in [2.75, 3.05) is 0 Å². The average Bonchev–Trinajstić information content (AvgIpc) is 2.89. The van der Waals surface area contributed by atoms with E-state index in [0.717, 1.165) is 42.9 Å². The van der Waals surface area contributed by atoms with Gasteiger partial charge in [0.05, 0.1) is 17.8 Å². The first kappa shape index (κ1) is 18.3. The zero-order chi connectivity index (χ0) is 19.0. The molecule has 2 saturated heterocycles. The summed E-state index contributed by atoms with van der Waals surface area (Å²) in [6.07, 6.45) is 8.17. The SMILES string of the molecule is CCc1ncc(CN2[C@@H]3CC[C@@H]2CC(O)(Cn2nc(C)ccc2=O)C3)cn1. The van der Waals surface area contributed by atoms with Crippen LogP contribution >= 0.6 is 0 Å². The van der Waals surface area contributed by atoms with Crippen molar-refractivity contribution >= 4 is 0 Å². The number of aryl methyl sites for hydroxylation is 2. The molecular weight excluding hydrogens is 342 g/mol. The molecule has 2 aromatic rings. The number of hydrogen-bond donors (Lipinski definition) is 1. The number of hydrogen-bond acceptors (Lipinski definition) is 6. The van der Waals surface area contributed by atoms with Crippen molar-refractivity contribution in [3.63, 3.8) is 0 Å². The maximum Gasteiger partial charge on any atom is 0.266 e. The number of fused-ring (bicyclic) bond motifs is 2. The first-order valence-corrected chi connectivity index (χ1v) is 9.78. The third-order valence-corrected chi connectivity index (χ3v) is 5.89. The van der Waals surface area contributed by atoms with Gasteiger partial charge in [-0.15, -0.1) is 0 Å². The highest BCUT2D eigenvalue weighted by Gasteiger charge is 2.47. The molecule has 27 heavy (non-hydrogen) atoms. The summed E-state index contributed by atoms with van der Waals surface area (Å²) < 4.78 is 1.42. The minimum Gasteiger partial charge on any atom is -0.388 e. The van der Waals surface area contributed by atoms with E-state index in [0.29, 0.717) is 24.9 Å². The lowest BCUT2D eigenvalue weighted by molar-refractivity contribution is -0.0678. The predicted octanol–water partition coefficient (Wildman–Crippen LogP) is 1.46. The van der Waals surface area contributed by atoms with Crippen LogP contribution in [0.1, 0.15) is 49.7 Å². The minimum atomic E-state index is -0.879. The zero-order valence-corrected chi connectivity index (χ0v) is 16.0. The summed E-state index contributed by atoms with van der Waals surface area (Å²) in [5.41, 5.74) is 0.868. The maximum absolute atomic E-state index is 12.1. The van der Waals surface area contributed by atoms with Crippen LogP contribution in [0.2, 0.25) is 0 Å². The summed E-state index contributed by atoms with van der Waals surface area (Å²) in [5, 5.41) is 15.5. The molecule has 0 aliphatic carbocycles. The van der Waals surface area contributed by atoms with E-state index in [1.165, 1.54) is 10.7 Å². The van der Waals surface area contributed by atoms with E-state index in [2.05, 4.69) is 26.9 Å². The Morgan fingerprint density at radius 1 is 1.19 bits per heavy atom. The van der Waals surface area contributed by atoms with Crippen LogP contribution in [0.15, 0.2) is 29.3 Å².